The molecule has 0 aromatic heterocycles. The lowest BCUT2D eigenvalue weighted by molar-refractivity contribution is 0.334. The number of anilines is 1. The van der Waals surface area contributed by atoms with Gasteiger partial charge in [-0.15, -0.1) is 0 Å². The number of likely N-dealkylation sites (tertiary alicyclic amines) is 1. The van der Waals surface area contributed by atoms with Crippen LogP contribution in [-0.2, 0) is 12.8 Å². The first-order valence-electron chi connectivity index (χ1n) is 11.2. The van der Waals surface area contributed by atoms with Gasteiger partial charge in [0.1, 0.15) is 0 Å². The van der Waals surface area contributed by atoms with Crippen molar-refractivity contribution >= 4 is 16.8 Å². The number of fused-ring (bicyclic) bond motifs is 1. The summed E-state index contributed by atoms with van der Waals surface area (Å²) in [5.41, 5.74) is 17.8. The predicted molar refractivity (Wildman–Crippen MR) is 127 cm³/mol. The van der Waals surface area contributed by atoms with Crippen LogP contribution in [0.15, 0.2) is 43.5 Å². The predicted octanol–water partition coefficient (Wildman–Crippen LogP) is 6.35. The lowest BCUT2D eigenvalue weighted by atomic mass is 9.87. The van der Waals surface area contributed by atoms with Gasteiger partial charge in [0.25, 0.3) is 0 Å². The van der Waals surface area contributed by atoms with Gasteiger partial charge in [-0.1, -0.05) is 38.3 Å². The van der Waals surface area contributed by atoms with E-state index in [1.165, 1.54) is 83.4 Å². The molecule has 2 nitrogen and oxygen atoms in total. The summed E-state index contributed by atoms with van der Waals surface area (Å²) in [6, 6.07) is 11.1. The van der Waals surface area contributed by atoms with Gasteiger partial charge in [0.05, 0.1) is 0 Å². The van der Waals surface area contributed by atoms with E-state index in [0.717, 1.165) is 31.4 Å². The number of aryl methyl sites for hydroxylation is 1. The lowest BCUT2D eigenvalue weighted by Gasteiger charge is -2.19. The Hall–Kier alpha value is -2.32. The molecule has 2 heteroatoms. The van der Waals surface area contributed by atoms with E-state index in [-0.39, 0.29) is 0 Å². The molecule has 2 N–H and O–H groups in total. The fourth-order valence-corrected chi connectivity index (χ4v) is 4.94. The Morgan fingerprint density at radius 3 is 2.62 bits per heavy atom. The summed E-state index contributed by atoms with van der Waals surface area (Å²) in [6.07, 6.45) is 8.10. The number of allylic oxidation sites excluding steroid dienone is 2. The summed E-state index contributed by atoms with van der Waals surface area (Å²) in [5.74, 6) is 0. The highest BCUT2D eigenvalue weighted by molar-refractivity contribution is 5.88. The van der Waals surface area contributed by atoms with E-state index in [4.69, 9.17) is 5.73 Å². The van der Waals surface area contributed by atoms with E-state index in [1.54, 1.807) is 0 Å². The molecular formula is C27H34N2. The molecule has 2 aromatic rings. The van der Waals surface area contributed by atoms with Crippen molar-refractivity contribution in [1.82, 2.24) is 4.90 Å². The normalized spacial score (nSPS) is 16.4. The molecule has 0 radical (unpaired) electrons. The Kier molecular flexibility index (Phi) is 5.91. The maximum atomic E-state index is 6.53. The van der Waals surface area contributed by atoms with Crippen molar-refractivity contribution in [2.24, 2.45) is 0 Å². The quantitative estimate of drug-likeness (QED) is 0.562. The summed E-state index contributed by atoms with van der Waals surface area (Å²) >= 11 is 0. The van der Waals surface area contributed by atoms with Crippen molar-refractivity contribution in [2.75, 3.05) is 25.4 Å². The van der Waals surface area contributed by atoms with Crippen LogP contribution in [0.25, 0.3) is 22.3 Å². The molecule has 4 rings (SSSR count). The Balaban J connectivity index is 1.72. The minimum atomic E-state index is 0.865. The van der Waals surface area contributed by atoms with Crippen LogP contribution in [0.4, 0.5) is 5.69 Å². The maximum absolute atomic E-state index is 6.53. The number of rotatable bonds is 7. The van der Waals surface area contributed by atoms with E-state index in [1.807, 2.05) is 0 Å². The zero-order chi connectivity index (χ0) is 20.4. The zero-order valence-corrected chi connectivity index (χ0v) is 17.9. The number of nitrogens with two attached hydrogens (primary N) is 1. The van der Waals surface area contributed by atoms with Crippen LogP contribution in [0.2, 0.25) is 0 Å². The number of nitrogens with zero attached hydrogens (tertiary/aromatic N) is 1. The Labute approximate surface area is 176 Å². The molecule has 0 unspecified atom stereocenters. The molecule has 2 aliphatic rings. The minimum Gasteiger partial charge on any atom is -0.398 e. The van der Waals surface area contributed by atoms with E-state index < -0.39 is 0 Å². The molecule has 0 atom stereocenters. The van der Waals surface area contributed by atoms with E-state index >= 15 is 0 Å². The first-order chi connectivity index (χ1) is 14.1. The molecule has 29 heavy (non-hydrogen) atoms. The van der Waals surface area contributed by atoms with Crippen LogP contribution < -0.4 is 5.73 Å². The average molecular weight is 387 g/mol. The number of hydrogen-bond donors (Lipinski definition) is 1. The number of benzene rings is 2. The van der Waals surface area contributed by atoms with Crippen LogP contribution in [0.5, 0.6) is 0 Å². The molecule has 1 aliphatic heterocycles. The number of nitrogen functional groups attached to an aromatic ring is 1. The monoisotopic (exact) mass is 386 g/mol. The molecule has 1 saturated heterocycles. The Morgan fingerprint density at radius 2 is 1.86 bits per heavy atom. The smallest absolute Gasteiger partial charge is 0.0394 e. The standard InChI is InChI=1S/C27H34N2/c1-4-19(2)22-11-14-26(28)25(18-22)27-21(8-7-17-29-15-5-6-16-29)10-13-23-20(3)9-12-24(23)27/h10-11,13-14,18H,2-9,12,15-17,28H2,1H3. The van der Waals surface area contributed by atoms with Crippen molar-refractivity contribution in [3.63, 3.8) is 0 Å². The van der Waals surface area contributed by atoms with E-state index in [0.29, 0.717) is 0 Å². The van der Waals surface area contributed by atoms with Crippen LogP contribution in [0, 0.1) is 0 Å². The second-order valence-electron chi connectivity index (χ2n) is 8.64. The molecule has 1 fully saturated rings. The first-order valence-corrected chi connectivity index (χ1v) is 11.2. The minimum absolute atomic E-state index is 0.865. The van der Waals surface area contributed by atoms with Crippen molar-refractivity contribution in [2.45, 2.75) is 51.9 Å². The second kappa shape index (κ2) is 8.59. The molecular weight excluding hydrogens is 352 g/mol. The second-order valence-corrected chi connectivity index (χ2v) is 8.64. The van der Waals surface area contributed by atoms with Crippen LogP contribution in [0.3, 0.4) is 0 Å². The van der Waals surface area contributed by atoms with Gasteiger partial charge in [-0.3, -0.25) is 0 Å². The molecule has 152 valence electrons. The molecule has 0 bridgehead atoms. The Bertz CT molecular complexity index is 932. The first kappa shape index (κ1) is 20.0. The maximum Gasteiger partial charge on any atom is 0.0394 e. The van der Waals surface area contributed by atoms with Gasteiger partial charge in [0, 0.05) is 11.3 Å². The van der Waals surface area contributed by atoms with Crippen LogP contribution >= 0.6 is 0 Å². The fourth-order valence-electron chi connectivity index (χ4n) is 4.94. The van der Waals surface area contributed by atoms with Crippen molar-refractivity contribution in [3.8, 4) is 11.1 Å². The van der Waals surface area contributed by atoms with Gasteiger partial charge in [-0.2, -0.15) is 0 Å². The summed E-state index contributed by atoms with van der Waals surface area (Å²) in [7, 11) is 0. The SMILES string of the molecule is C=C(CC)c1ccc(N)c(-c2c(CCCN3CCCC3)ccc3c2CCC3=C)c1. The van der Waals surface area contributed by atoms with E-state index in [2.05, 4.69) is 55.3 Å². The topological polar surface area (TPSA) is 29.3 Å². The van der Waals surface area contributed by atoms with Crippen molar-refractivity contribution in [1.29, 1.82) is 0 Å². The third kappa shape index (κ3) is 4.04. The zero-order valence-electron chi connectivity index (χ0n) is 17.9. The van der Waals surface area contributed by atoms with Crippen molar-refractivity contribution in [3.05, 3.63) is 65.7 Å². The van der Waals surface area contributed by atoms with E-state index in [9.17, 15) is 0 Å². The lowest BCUT2D eigenvalue weighted by Crippen LogP contribution is -2.20. The fraction of sp³-hybridized carbons (Fsp3) is 0.407. The molecule has 1 heterocycles. The molecule has 0 saturated carbocycles. The van der Waals surface area contributed by atoms with Gasteiger partial charge in [-0.25, -0.2) is 0 Å². The highest BCUT2D eigenvalue weighted by atomic mass is 15.1. The van der Waals surface area contributed by atoms with Gasteiger partial charge in [0.15, 0.2) is 0 Å². The molecule has 1 aliphatic carbocycles. The summed E-state index contributed by atoms with van der Waals surface area (Å²) in [5, 5.41) is 0. The third-order valence-corrected chi connectivity index (χ3v) is 6.73. The van der Waals surface area contributed by atoms with Gasteiger partial charge in [0.2, 0.25) is 0 Å². The van der Waals surface area contributed by atoms with Gasteiger partial charge < -0.3 is 10.6 Å². The average Bonchev–Trinajstić information content (AvgIpc) is 3.38. The molecule has 0 spiro atoms. The molecule has 2 aromatic carbocycles. The third-order valence-electron chi connectivity index (χ3n) is 6.73. The van der Waals surface area contributed by atoms with Gasteiger partial charge >= 0.3 is 0 Å². The van der Waals surface area contributed by atoms with Gasteiger partial charge in [-0.05, 0) is 116 Å². The van der Waals surface area contributed by atoms with Crippen LogP contribution in [-0.4, -0.2) is 24.5 Å². The van der Waals surface area contributed by atoms with Crippen LogP contribution in [0.1, 0.15) is 61.3 Å². The highest BCUT2D eigenvalue weighted by Gasteiger charge is 2.23. The highest BCUT2D eigenvalue weighted by Crippen LogP contribution is 2.42. The summed E-state index contributed by atoms with van der Waals surface area (Å²) < 4.78 is 0. The summed E-state index contributed by atoms with van der Waals surface area (Å²) in [4.78, 5) is 2.61. The number of hydrogen-bond acceptors (Lipinski definition) is 2. The largest absolute Gasteiger partial charge is 0.398 e. The Morgan fingerprint density at radius 1 is 1.07 bits per heavy atom. The molecule has 0 amide bonds. The summed E-state index contributed by atoms with van der Waals surface area (Å²) in [6.45, 7) is 14.4. The van der Waals surface area contributed by atoms with Crippen molar-refractivity contribution < 1.29 is 0 Å².